The lowest BCUT2D eigenvalue weighted by Crippen LogP contribution is -2.55. The first-order chi connectivity index (χ1) is 17.0. The number of likely N-dealkylation sites (N-methyl/N-ethyl adjacent to an activating group) is 1. The Bertz CT molecular complexity index is 1260. The number of nitrogens with one attached hydrogen (secondary N) is 1. The van der Waals surface area contributed by atoms with Crippen LogP contribution in [0.15, 0.2) is 41.7 Å². The maximum atomic E-state index is 13.7. The number of aliphatic hydroxyl groups excluding tert-OH is 2. The first-order valence-electron chi connectivity index (χ1n) is 11.6. The molecule has 3 aliphatic carbocycles. The third-order valence-corrected chi connectivity index (χ3v) is 7.32. The topological polar surface area (TPSA) is 170 Å². The van der Waals surface area contributed by atoms with E-state index in [1.165, 1.54) is 12.1 Å². The zero-order valence-corrected chi connectivity index (χ0v) is 20.1. The molecule has 190 valence electrons. The Hall–Kier alpha value is -3.76. The molecule has 0 radical (unpaired) electrons. The predicted octanol–water partition coefficient (Wildman–Crippen LogP) is 0.807. The van der Waals surface area contributed by atoms with E-state index in [9.17, 15) is 34.5 Å². The summed E-state index contributed by atoms with van der Waals surface area (Å²) in [6.45, 7) is 4.04. The average Bonchev–Trinajstić information content (AvgIpc) is 2.78. The summed E-state index contributed by atoms with van der Waals surface area (Å²) < 4.78 is 0. The van der Waals surface area contributed by atoms with Crippen molar-refractivity contribution in [2.75, 3.05) is 27.2 Å². The van der Waals surface area contributed by atoms with Crippen molar-refractivity contribution in [2.24, 2.45) is 23.5 Å². The minimum Gasteiger partial charge on any atom is -0.510 e. The highest BCUT2D eigenvalue weighted by Crippen LogP contribution is 2.50. The second-order valence-electron chi connectivity index (χ2n) is 9.63. The van der Waals surface area contributed by atoms with Crippen LogP contribution in [0.25, 0.3) is 5.76 Å². The number of Topliss-reactive ketones (excluding diaryl/α,β-unsaturated/α-hetero) is 3. The highest BCUT2D eigenvalue weighted by molar-refractivity contribution is 6.28. The van der Waals surface area contributed by atoms with Crippen LogP contribution in [0.1, 0.15) is 27.9 Å². The van der Waals surface area contributed by atoms with Gasteiger partial charge in [0.25, 0.3) is 5.91 Å². The van der Waals surface area contributed by atoms with Crippen molar-refractivity contribution >= 4 is 29.0 Å². The number of ketones is 3. The van der Waals surface area contributed by atoms with Crippen LogP contribution in [0.2, 0.25) is 0 Å². The molecule has 1 fully saturated rings. The van der Waals surface area contributed by atoms with E-state index in [1.807, 2.05) is 0 Å². The van der Waals surface area contributed by atoms with Crippen molar-refractivity contribution in [3.8, 4) is 5.75 Å². The van der Waals surface area contributed by atoms with Crippen LogP contribution in [0.4, 0.5) is 0 Å². The van der Waals surface area contributed by atoms with Crippen LogP contribution < -0.4 is 11.1 Å². The van der Waals surface area contributed by atoms with E-state index in [2.05, 4.69) is 11.9 Å². The molecular weight excluding hydrogens is 466 g/mol. The number of nitrogens with two attached hydrogens (primary N) is 1. The fourth-order valence-electron chi connectivity index (χ4n) is 5.91. The molecule has 0 aromatic heterocycles. The van der Waals surface area contributed by atoms with E-state index in [0.717, 1.165) is 0 Å². The third kappa shape index (κ3) is 3.82. The lowest BCUT2D eigenvalue weighted by atomic mass is 9.59. The molecule has 0 aliphatic heterocycles. The Morgan fingerprint density at radius 2 is 1.89 bits per heavy atom. The Morgan fingerprint density at radius 3 is 2.50 bits per heavy atom. The number of phenolic OH excluding ortho intramolecular Hbond substituents is 1. The number of rotatable bonds is 7. The van der Waals surface area contributed by atoms with Crippen molar-refractivity contribution in [1.29, 1.82) is 0 Å². The van der Waals surface area contributed by atoms with Gasteiger partial charge in [-0.15, -0.1) is 6.58 Å². The summed E-state index contributed by atoms with van der Waals surface area (Å²) in [5, 5.41) is 35.5. The molecule has 6 N–H and O–H groups in total. The normalized spacial score (nSPS) is 25.4. The van der Waals surface area contributed by atoms with Crippen LogP contribution in [0.3, 0.4) is 0 Å². The number of allylic oxidation sites excluding steroid dienone is 1. The van der Waals surface area contributed by atoms with Gasteiger partial charge in [-0.25, -0.2) is 0 Å². The number of aromatic hydroxyl groups is 1. The number of benzene rings is 1. The molecule has 0 saturated heterocycles. The van der Waals surface area contributed by atoms with E-state index in [4.69, 9.17) is 5.73 Å². The zero-order chi connectivity index (χ0) is 26.5. The first-order valence-corrected chi connectivity index (χ1v) is 11.6. The van der Waals surface area contributed by atoms with Crippen molar-refractivity contribution in [3.05, 3.63) is 58.4 Å². The number of amides is 1. The molecule has 0 spiro atoms. The van der Waals surface area contributed by atoms with Crippen LogP contribution in [-0.2, 0) is 20.8 Å². The van der Waals surface area contributed by atoms with Gasteiger partial charge < -0.3 is 26.4 Å². The molecule has 10 heteroatoms. The molecule has 3 unspecified atom stereocenters. The van der Waals surface area contributed by atoms with Gasteiger partial charge in [0.2, 0.25) is 0 Å². The zero-order valence-electron chi connectivity index (χ0n) is 20.1. The number of hydrogen-bond acceptors (Lipinski definition) is 9. The monoisotopic (exact) mass is 495 g/mol. The third-order valence-electron chi connectivity index (χ3n) is 7.32. The summed E-state index contributed by atoms with van der Waals surface area (Å²) in [7, 11) is 3.31. The molecule has 10 nitrogen and oxygen atoms in total. The fourth-order valence-corrected chi connectivity index (χ4v) is 5.91. The van der Waals surface area contributed by atoms with Crippen LogP contribution in [-0.4, -0.2) is 76.7 Å². The largest absolute Gasteiger partial charge is 0.510 e. The summed E-state index contributed by atoms with van der Waals surface area (Å²) in [6, 6.07) is 1.95. The Balaban J connectivity index is 1.83. The van der Waals surface area contributed by atoms with Gasteiger partial charge in [0.05, 0.1) is 24.1 Å². The maximum Gasteiger partial charge on any atom is 0.255 e. The fraction of sp³-hybridized carbons (Fsp3) is 0.385. The van der Waals surface area contributed by atoms with Gasteiger partial charge in [-0.3, -0.25) is 24.1 Å². The molecule has 1 amide bonds. The molecule has 3 aliphatic rings. The smallest absolute Gasteiger partial charge is 0.255 e. The van der Waals surface area contributed by atoms with Gasteiger partial charge in [-0.05, 0) is 56.5 Å². The number of nitrogens with zero attached hydrogens (tertiary/aromatic N) is 1. The van der Waals surface area contributed by atoms with Crippen LogP contribution in [0.5, 0.6) is 5.75 Å². The van der Waals surface area contributed by atoms with Gasteiger partial charge in [0, 0.05) is 17.7 Å². The SMILES string of the molecule is C=CCNCC(=O)c1ccc(O)c2c1CC1CC3C(C(=O)C(C(N)=O)=C(O)[C@H]3N(C)C)C(=O)C1=C2O. The summed E-state index contributed by atoms with van der Waals surface area (Å²) in [5.41, 5.74) is 5.44. The second-order valence-corrected chi connectivity index (χ2v) is 9.63. The van der Waals surface area contributed by atoms with Gasteiger partial charge in [-0.2, -0.15) is 0 Å². The Kier molecular flexibility index (Phi) is 6.59. The number of fused-ring (bicyclic) bond motifs is 3. The standard InChI is InChI=1S/C26H29N3O7/c1-4-7-28-10-16(31)12-5-6-15(30)18-13(12)8-11-9-14-19(23(33)17(11)22(18)32)24(34)20(26(27)36)25(35)21(14)29(2)3/h4-6,11,14,19,21,28,30,32,35H,1,7-10H2,2-3H3,(H2,27,36)/t11?,14?,19?,21-/m0/s1. The van der Waals surface area contributed by atoms with Gasteiger partial charge in [0.15, 0.2) is 17.3 Å². The van der Waals surface area contributed by atoms with Crippen LogP contribution in [0, 0.1) is 17.8 Å². The molecular formula is C26H29N3O7. The van der Waals surface area contributed by atoms with Crippen LogP contribution >= 0.6 is 0 Å². The number of aliphatic hydroxyl groups is 2. The second kappa shape index (κ2) is 9.36. The van der Waals surface area contributed by atoms with E-state index < -0.39 is 58.4 Å². The van der Waals surface area contributed by atoms with E-state index >= 15 is 0 Å². The highest BCUT2D eigenvalue weighted by atomic mass is 16.3. The molecule has 0 heterocycles. The minimum atomic E-state index is -1.32. The molecule has 4 atom stereocenters. The van der Waals surface area contributed by atoms with Gasteiger partial charge in [0.1, 0.15) is 22.8 Å². The lowest BCUT2D eigenvalue weighted by molar-refractivity contribution is -0.136. The molecule has 4 rings (SSSR count). The highest BCUT2D eigenvalue weighted by Gasteiger charge is 2.55. The number of carbonyl (C=O) groups is 4. The van der Waals surface area contributed by atoms with Gasteiger partial charge >= 0.3 is 0 Å². The van der Waals surface area contributed by atoms with E-state index in [-0.39, 0.29) is 42.1 Å². The first kappa shape index (κ1) is 25.3. The van der Waals surface area contributed by atoms with Crippen molar-refractivity contribution in [1.82, 2.24) is 10.2 Å². The molecule has 1 aromatic rings. The van der Waals surface area contributed by atoms with E-state index in [0.29, 0.717) is 17.7 Å². The summed E-state index contributed by atoms with van der Waals surface area (Å²) in [6.07, 6.45) is 2.00. The van der Waals surface area contributed by atoms with Crippen molar-refractivity contribution in [3.63, 3.8) is 0 Å². The average molecular weight is 496 g/mol. The van der Waals surface area contributed by atoms with Crippen molar-refractivity contribution < 1.29 is 34.5 Å². The Labute approximate surface area is 207 Å². The number of phenols is 1. The molecule has 1 aromatic carbocycles. The Morgan fingerprint density at radius 1 is 1.19 bits per heavy atom. The van der Waals surface area contributed by atoms with E-state index in [1.54, 1.807) is 25.1 Å². The molecule has 36 heavy (non-hydrogen) atoms. The van der Waals surface area contributed by atoms with Gasteiger partial charge in [-0.1, -0.05) is 6.08 Å². The number of carbonyl (C=O) groups excluding carboxylic acids is 4. The quantitative estimate of drug-likeness (QED) is 0.121. The number of hydrogen-bond donors (Lipinski definition) is 5. The lowest BCUT2D eigenvalue weighted by Gasteiger charge is -2.46. The summed E-state index contributed by atoms with van der Waals surface area (Å²) >= 11 is 0. The molecule has 1 saturated carbocycles. The number of primary amides is 1. The maximum absolute atomic E-state index is 13.7. The van der Waals surface area contributed by atoms with Crippen molar-refractivity contribution in [2.45, 2.75) is 18.9 Å². The summed E-state index contributed by atoms with van der Waals surface area (Å²) in [4.78, 5) is 53.4. The molecule has 0 bridgehead atoms. The minimum absolute atomic E-state index is 0.0106. The predicted molar refractivity (Wildman–Crippen MR) is 130 cm³/mol. The summed E-state index contributed by atoms with van der Waals surface area (Å²) in [5.74, 6) is -6.76.